The zero-order valence-corrected chi connectivity index (χ0v) is 10.7. The lowest BCUT2D eigenvalue weighted by atomic mass is 10.1. The third kappa shape index (κ3) is 3.72. The molecule has 2 rings (SSSR count). The number of nitrogens with zero attached hydrogens (tertiary/aromatic N) is 2. The first kappa shape index (κ1) is 12.3. The number of nitrogens with one attached hydrogen (secondary N) is 1. The topological polar surface area (TPSA) is 18.5 Å². The van der Waals surface area contributed by atoms with Crippen molar-refractivity contribution >= 4 is 0 Å². The summed E-state index contributed by atoms with van der Waals surface area (Å²) in [5.74, 6) is 0. The summed E-state index contributed by atoms with van der Waals surface area (Å²) < 4.78 is 0. The van der Waals surface area contributed by atoms with Gasteiger partial charge in [0, 0.05) is 19.1 Å². The van der Waals surface area contributed by atoms with Crippen molar-refractivity contribution in [3.63, 3.8) is 0 Å². The van der Waals surface area contributed by atoms with Crippen molar-refractivity contribution in [2.24, 2.45) is 0 Å². The number of piperidine rings is 1. The Kier molecular flexibility index (Phi) is 5.07. The van der Waals surface area contributed by atoms with Gasteiger partial charge in [-0.1, -0.05) is 6.92 Å². The van der Waals surface area contributed by atoms with Crippen LogP contribution < -0.4 is 5.32 Å². The Labute approximate surface area is 100 Å². The van der Waals surface area contributed by atoms with Gasteiger partial charge in [0.25, 0.3) is 0 Å². The van der Waals surface area contributed by atoms with E-state index in [4.69, 9.17) is 0 Å². The van der Waals surface area contributed by atoms with Gasteiger partial charge < -0.3 is 15.1 Å². The monoisotopic (exact) mass is 225 g/mol. The van der Waals surface area contributed by atoms with E-state index in [1.165, 1.54) is 71.5 Å². The van der Waals surface area contributed by atoms with E-state index in [1.54, 1.807) is 0 Å². The van der Waals surface area contributed by atoms with Gasteiger partial charge in [0.15, 0.2) is 0 Å². The molecule has 0 unspecified atom stereocenters. The fourth-order valence-corrected chi connectivity index (χ4v) is 2.89. The van der Waals surface area contributed by atoms with E-state index in [1.807, 2.05) is 0 Å². The van der Waals surface area contributed by atoms with Gasteiger partial charge in [0.1, 0.15) is 0 Å². The van der Waals surface area contributed by atoms with Crippen LogP contribution in [0.25, 0.3) is 0 Å². The Morgan fingerprint density at radius 2 is 1.69 bits per heavy atom. The molecule has 1 N–H and O–H groups in total. The molecule has 0 amide bonds. The van der Waals surface area contributed by atoms with Crippen LogP contribution in [0, 0.1) is 0 Å². The SMILES string of the molecule is CCN1CCC(NCCN2CCCC2)CC1. The van der Waals surface area contributed by atoms with E-state index in [0.717, 1.165) is 6.04 Å². The number of rotatable bonds is 5. The van der Waals surface area contributed by atoms with Crippen LogP contribution in [0.4, 0.5) is 0 Å². The summed E-state index contributed by atoms with van der Waals surface area (Å²) in [6, 6.07) is 0.783. The largest absolute Gasteiger partial charge is 0.313 e. The maximum absolute atomic E-state index is 3.72. The Balaban J connectivity index is 1.53. The van der Waals surface area contributed by atoms with Crippen molar-refractivity contribution in [3.05, 3.63) is 0 Å². The maximum atomic E-state index is 3.72. The van der Waals surface area contributed by atoms with Gasteiger partial charge in [-0.15, -0.1) is 0 Å². The van der Waals surface area contributed by atoms with Crippen LogP contribution in [0.2, 0.25) is 0 Å². The summed E-state index contributed by atoms with van der Waals surface area (Å²) in [4.78, 5) is 5.15. The van der Waals surface area contributed by atoms with Crippen molar-refractivity contribution in [3.8, 4) is 0 Å². The summed E-state index contributed by atoms with van der Waals surface area (Å²) in [7, 11) is 0. The third-order valence-electron chi connectivity index (χ3n) is 4.09. The fourth-order valence-electron chi connectivity index (χ4n) is 2.89. The van der Waals surface area contributed by atoms with Crippen molar-refractivity contribution < 1.29 is 0 Å². The van der Waals surface area contributed by atoms with Crippen molar-refractivity contribution in [1.29, 1.82) is 0 Å². The molecule has 94 valence electrons. The highest BCUT2D eigenvalue weighted by Gasteiger charge is 2.17. The minimum absolute atomic E-state index is 0.783. The molecule has 2 aliphatic rings. The smallest absolute Gasteiger partial charge is 0.0107 e. The standard InChI is InChI=1S/C13H27N3/c1-2-15-10-5-13(6-11-15)14-7-12-16-8-3-4-9-16/h13-14H,2-12H2,1H3. The fraction of sp³-hybridized carbons (Fsp3) is 1.00. The van der Waals surface area contributed by atoms with Crippen LogP contribution in [0.3, 0.4) is 0 Å². The van der Waals surface area contributed by atoms with Crippen LogP contribution in [0.15, 0.2) is 0 Å². The zero-order chi connectivity index (χ0) is 11.2. The van der Waals surface area contributed by atoms with E-state index in [-0.39, 0.29) is 0 Å². The summed E-state index contributed by atoms with van der Waals surface area (Å²) in [6.45, 7) is 11.2. The molecule has 0 aromatic heterocycles. The van der Waals surface area contributed by atoms with E-state index >= 15 is 0 Å². The molecule has 2 saturated heterocycles. The van der Waals surface area contributed by atoms with Gasteiger partial charge in [-0.25, -0.2) is 0 Å². The van der Waals surface area contributed by atoms with Crippen molar-refractivity contribution in [2.45, 2.75) is 38.6 Å². The summed E-state index contributed by atoms with van der Waals surface area (Å²) in [5, 5.41) is 3.72. The highest BCUT2D eigenvalue weighted by molar-refractivity contribution is 4.77. The number of hydrogen-bond acceptors (Lipinski definition) is 3. The lowest BCUT2D eigenvalue weighted by Gasteiger charge is -2.32. The van der Waals surface area contributed by atoms with E-state index in [2.05, 4.69) is 22.0 Å². The average molecular weight is 225 g/mol. The Morgan fingerprint density at radius 3 is 2.31 bits per heavy atom. The molecular formula is C13H27N3. The van der Waals surface area contributed by atoms with Gasteiger partial charge >= 0.3 is 0 Å². The van der Waals surface area contributed by atoms with Crippen LogP contribution in [-0.4, -0.2) is 61.7 Å². The molecule has 3 heteroatoms. The summed E-state index contributed by atoms with van der Waals surface area (Å²) in [6.07, 6.45) is 5.51. The zero-order valence-electron chi connectivity index (χ0n) is 10.7. The minimum atomic E-state index is 0.783. The Bertz CT molecular complexity index is 182. The molecule has 3 nitrogen and oxygen atoms in total. The Morgan fingerprint density at radius 1 is 1.00 bits per heavy atom. The number of hydrogen-bond donors (Lipinski definition) is 1. The van der Waals surface area contributed by atoms with Gasteiger partial charge in [0.2, 0.25) is 0 Å². The lowest BCUT2D eigenvalue weighted by molar-refractivity contribution is 0.203. The molecular weight excluding hydrogens is 198 g/mol. The van der Waals surface area contributed by atoms with Crippen molar-refractivity contribution in [2.75, 3.05) is 45.8 Å². The predicted octanol–water partition coefficient (Wildman–Crippen LogP) is 1.16. The molecule has 0 aromatic rings. The molecule has 2 aliphatic heterocycles. The Hall–Kier alpha value is -0.120. The highest BCUT2D eigenvalue weighted by atomic mass is 15.2. The number of likely N-dealkylation sites (tertiary alicyclic amines) is 2. The second kappa shape index (κ2) is 6.58. The molecule has 0 saturated carbocycles. The van der Waals surface area contributed by atoms with Crippen LogP contribution in [0.5, 0.6) is 0 Å². The van der Waals surface area contributed by atoms with E-state index < -0.39 is 0 Å². The van der Waals surface area contributed by atoms with Gasteiger partial charge in [-0.3, -0.25) is 0 Å². The van der Waals surface area contributed by atoms with Gasteiger partial charge in [0.05, 0.1) is 0 Å². The normalized spacial score (nSPS) is 25.3. The van der Waals surface area contributed by atoms with Gasteiger partial charge in [-0.2, -0.15) is 0 Å². The maximum Gasteiger partial charge on any atom is 0.0107 e. The molecule has 0 spiro atoms. The van der Waals surface area contributed by atoms with E-state index in [0.29, 0.717) is 0 Å². The average Bonchev–Trinajstić information content (AvgIpc) is 2.83. The predicted molar refractivity (Wildman–Crippen MR) is 68.8 cm³/mol. The molecule has 0 aromatic carbocycles. The highest BCUT2D eigenvalue weighted by Crippen LogP contribution is 2.10. The van der Waals surface area contributed by atoms with E-state index in [9.17, 15) is 0 Å². The first-order valence-corrected chi connectivity index (χ1v) is 7.06. The van der Waals surface area contributed by atoms with Crippen molar-refractivity contribution in [1.82, 2.24) is 15.1 Å². The summed E-state index contributed by atoms with van der Waals surface area (Å²) >= 11 is 0. The molecule has 0 bridgehead atoms. The molecule has 2 fully saturated rings. The second-order valence-corrected chi connectivity index (χ2v) is 5.21. The second-order valence-electron chi connectivity index (χ2n) is 5.21. The first-order valence-electron chi connectivity index (χ1n) is 7.06. The lowest BCUT2D eigenvalue weighted by Crippen LogP contribution is -2.44. The quantitative estimate of drug-likeness (QED) is 0.757. The molecule has 16 heavy (non-hydrogen) atoms. The molecule has 0 atom stereocenters. The minimum Gasteiger partial charge on any atom is -0.313 e. The summed E-state index contributed by atoms with van der Waals surface area (Å²) in [5.41, 5.74) is 0. The van der Waals surface area contributed by atoms with Gasteiger partial charge in [-0.05, 0) is 58.4 Å². The third-order valence-corrected chi connectivity index (χ3v) is 4.09. The van der Waals surface area contributed by atoms with Crippen LogP contribution in [0.1, 0.15) is 32.6 Å². The first-order chi connectivity index (χ1) is 7.88. The molecule has 0 radical (unpaired) electrons. The van der Waals surface area contributed by atoms with Crippen LogP contribution in [-0.2, 0) is 0 Å². The molecule has 2 heterocycles. The molecule has 0 aliphatic carbocycles. The van der Waals surface area contributed by atoms with Crippen LogP contribution >= 0.6 is 0 Å².